The first-order valence-corrected chi connectivity index (χ1v) is 7.21. The fraction of sp³-hybridized carbons (Fsp3) is 0.733. The number of nitrogens with zero attached hydrogens (tertiary/aromatic N) is 1. The van der Waals surface area contributed by atoms with Crippen molar-refractivity contribution in [3.05, 3.63) is 12.2 Å². The molecule has 0 aromatic carbocycles. The first kappa shape index (κ1) is 15.0. The number of allylic oxidation sites excluding steroid dienone is 2. The minimum absolute atomic E-state index is 0.0166. The van der Waals surface area contributed by atoms with Crippen LogP contribution in [0.4, 0.5) is 0 Å². The van der Waals surface area contributed by atoms with Gasteiger partial charge in [-0.05, 0) is 32.1 Å². The minimum Gasteiger partial charge on any atom is -0.481 e. The van der Waals surface area contributed by atoms with E-state index in [1.54, 1.807) is 12.0 Å². The largest absolute Gasteiger partial charge is 0.481 e. The molecule has 2 aliphatic carbocycles. The third-order valence-electron chi connectivity index (χ3n) is 4.59. The van der Waals surface area contributed by atoms with Crippen LogP contribution in [-0.4, -0.2) is 48.2 Å². The third kappa shape index (κ3) is 2.46. The Bertz CT molecular complexity index is 420. The maximum atomic E-state index is 12.8. The van der Waals surface area contributed by atoms with Crippen molar-refractivity contribution in [2.45, 2.75) is 26.3 Å². The number of rotatable bonds is 6. The summed E-state index contributed by atoms with van der Waals surface area (Å²) in [5, 5.41) is 9.42. The highest BCUT2D eigenvalue weighted by atomic mass is 16.5. The number of hydrogen-bond donors (Lipinski definition) is 1. The van der Waals surface area contributed by atoms with Gasteiger partial charge in [-0.1, -0.05) is 12.2 Å². The molecule has 0 spiro atoms. The molecule has 2 rings (SSSR count). The molecule has 2 bridgehead atoms. The third-order valence-corrected chi connectivity index (χ3v) is 4.59. The summed E-state index contributed by atoms with van der Waals surface area (Å²) in [7, 11) is 1.61. The van der Waals surface area contributed by atoms with E-state index in [9.17, 15) is 14.7 Å². The van der Waals surface area contributed by atoms with Crippen LogP contribution in [0, 0.1) is 23.7 Å². The fourth-order valence-corrected chi connectivity index (χ4v) is 3.70. The van der Waals surface area contributed by atoms with Gasteiger partial charge in [0.25, 0.3) is 0 Å². The van der Waals surface area contributed by atoms with Gasteiger partial charge in [-0.25, -0.2) is 0 Å². The highest BCUT2D eigenvalue weighted by molar-refractivity contribution is 5.87. The summed E-state index contributed by atoms with van der Waals surface area (Å²) < 4.78 is 5.11. The second-order valence-corrected chi connectivity index (χ2v) is 5.77. The van der Waals surface area contributed by atoms with Crippen molar-refractivity contribution in [3.63, 3.8) is 0 Å². The Labute approximate surface area is 119 Å². The summed E-state index contributed by atoms with van der Waals surface area (Å²) in [5.74, 6) is -1.78. The molecule has 0 aromatic rings. The Morgan fingerprint density at radius 1 is 1.35 bits per heavy atom. The van der Waals surface area contributed by atoms with Gasteiger partial charge in [0.1, 0.15) is 0 Å². The Morgan fingerprint density at radius 3 is 2.45 bits per heavy atom. The van der Waals surface area contributed by atoms with E-state index in [1.807, 2.05) is 26.0 Å². The molecule has 5 heteroatoms. The Balaban J connectivity index is 2.18. The zero-order chi connectivity index (χ0) is 14.9. The van der Waals surface area contributed by atoms with Gasteiger partial charge in [-0.2, -0.15) is 0 Å². The number of ether oxygens (including phenoxy) is 1. The number of methoxy groups -OCH3 is 1. The van der Waals surface area contributed by atoms with Crippen molar-refractivity contribution >= 4 is 11.9 Å². The Hall–Kier alpha value is -1.36. The summed E-state index contributed by atoms with van der Waals surface area (Å²) >= 11 is 0. The number of carboxylic acid groups (broad SMARTS) is 1. The molecule has 5 nitrogen and oxygen atoms in total. The Kier molecular flexibility index (Phi) is 4.48. The lowest BCUT2D eigenvalue weighted by Crippen LogP contribution is -2.47. The van der Waals surface area contributed by atoms with Crippen LogP contribution in [0.3, 0.4) is 0 Å². The summed E-state index contributed by atoms with van der Waals surface area (Å²) in [5.41, 5.74) is 0. The molecule has 3 unspecified atom stereocenters. The number of likely N-dealkylation sites (N-methyl/N-ethyl adjacent to an activating group) is 1. The maximum Gasteiger partial charge on any atom is 0.307 e. The molecule has 2 aliphatic rings. The summed E-state index contributed by atoms with van der Waals surface area (Å²) in [6.07, 6.45) is 4.77. The van der Waals surface area contributed by atoms with Crippen molar-refractivity contribution in [1.82, 2.24) is 4.90 Å². The van der Waals surface area contributed by atoms with Gasteiger partial charge in [0, 0.05) is 13.7 Å². The molecular weight excluding hydrogens is 258 g/mol. The second kappa shape index (κ2) is 5.95. The molecule has 0 radical (unpaired) electrons. The predicted octanol–water partition coefficient (Wildman–Crippen LogP) is 1.39. The SMILES string of the molecule is CCN(C(=O)[C@H]1C2C=CC(C2)[C@H]1C(=O)O)C(C)COC. The van der Waals surface area contributed by atoms with Crippen molar-refractivity contribution in [1.29, 1.82) is 0 Å². The molecule has 0 saturated heterocycles. The molecule has 1 fully saturated rings. The first-order chi connectivity index (χ1) is 9.51. The lowest BCUT2D eigenvalue weighted by Gasteiger charge is -2.33. The van der Waals surface area contributed by atoms with Crippen LogP contribution in [0.25, 0.3) is 0 Å². The van der Waals surface area contributed by atoms with Crippen LogP contribution in [0.15, 0.2) is 12.2 Å². The highest BCUT2D eigenvalue weighted by Crippen LogP contribution is 2.48. The second-order valence-electron chi connectivity index (χ2n) is 5.77. The van der Waals surface area contributed by atoms with Crippen molar-refractivity contribution in [2.24, 2.45) is 23.7 Å². The van der Waals surface area contributed by atoms with E-state index in [0.29, 0.717) is 13.2 Å². The zero-order valence-electron chi connectivity index (χ0n) is 12.3. The van der Waals surface area contributed by atoms with E-state index in [0.717, 1.165) is 6.42 Å². The van der Waals surface area contributed by atoms with Gasteiger partial charge in [0.15, 0.2) is 0 Å². The fourth-order valence-electron chi connectivity index (χ4n) is 3.70. The van der Waals surface area contributed by atoms with Crippen molar-refractivity contribution < 1.29 is 19.4 Å². The van der Waals surface area contributed by atoms with Crippen LogP contribution >= 0.6 is 0 Å². The predicted molar refractivity (Wildman–Crippen MR) is 74.1 cm³/mol. The lowest BCUT2D eigenvalue weighted by atomic mass is 9.82. The van der Waals surface area contributed by atoms with E-state index < -0.39 is 17.8 Å². The topological polar surface area (TPSA) is 66.8 Å². The van der Waals surface area contributed by atoms with Gasteiger partial charge in [0.05, 0.1) is 24.5 Å². The minimum atomic E-state index is -0.851. The highest BCUT2D eigenvalue weighted by Gasteiger charge is 2.52. The van der Waals surface area contributed by atoms with E-state index in [4.69, 9.17) is 4.74 Å². The number of amides is 1. The number of aliphatic carboxylic acids is 1. The molecule has 0 aromatic heterocycles. The molecule has 20 heavy (non-hydrogen) atoms. The number of carbonyl (C=O) groups is 2. The van der Waals surface area contributed by atoms with E-state index in [-0.39, 0.29) is 23.8 Å². The van der Waals surface area contributed by atoms with E-state index in [2.05, 4.69) is 0 Å². The van der Waals surface area contributed by atoms with Gasteiger partial charge in [0.2, 0.25) is 5.91 Å². The smallest absolute Gasteiger partial charge is 0.307 e. The molecule has 112 valence electrons. The molecule has 1 N–H and O–H groups in total. The first-order valence-electron chi connectivity index (χ1n) is 7.21. The quantitative estimate of drug-likeness (QED) is 0.747. The average molecular weight is 281 g/mol. The van der Waals surface area contributed by atoms with Crippen LogP contribution in [0.2, 0.25) is 0 Å². The van der Waals surface area contributed by atoms with Gasteiger partial charge < -0.3 is 14.7 Å². The lowest BCUT2D eigenvalue weighted by molar-refractivity contribution is -0.152. The zero-order valence-corrected chi connectivity index (χ0v) is 12.3. The van der Waals surface area contributed by atoms with E-state index >= 15 is 0 Å². The van der Waals surface area contributed by atoms with Gasteiger partial charge >= 0.3 is 5.97 Å². The molecule has 1 amide bonds. The van der Waals surface area contributed by atoms with Crippen LogP contribution in [0.5, 0.6) is 0 Å². The van der Waals surface area contributed by atoms with E-state index in [1.165, 1.54) is 0 Å². The van der Waals surface area contributed by atoms with Crippen LogP contribution in [0.1, 0.15) is 20.3 Å². The molecule has 5 atom stereocenters. The standard InChI is InChI=1S/C15H23NO4/c1-4-16(9(2)8-20-3)14(17)12-10-5-6-11(7-10)13(12)15(18)19/h5-6,9-13H,4,7-8H2,1-3H3,(H,18,19)/t9?,10?,11?,12-,13+/m0/s1. The molecule has 0 heterocycles. The van der Waals surface area contributed by atoms with Gasteiger partial charge in [-0.3, -0.25) is 9.59 Å². The monoisotopic (exact) mass is 281 g/mol. The summed E-state index contributed by atoms with van der Waals surface area (Å²) in [6, 6.07) is -0.0324. The molecule has 0 aliphatic heterocycles. The van der Waals surface area contributed by atoms with Crippen LogP contribution < -0.4 is 0 Å². The normalized spacial score (nSPS) is 32.4. The number of carboxylic acids is 1. The van der Waals surface area contributed by atoms with Crippen LogP contribution in [-0.2, 0) is 14.3 Å². The maximum absolute atomic E-state index is 12.8. The summed E-state index contributed by atoms with van der Waals surface area (Å²) in [4.78, 5) is 26.0. The van der Waals surface area contributed by atoms with Crippen molar-refractivity contribution in [2.75, 3.05) is 20.3 Å². The average Bonchev–Trinajstić information content (AvgIpc) is 2.99. The van der Waals surface area contributed by atoms with Gasteiger partial charge in [-0.15, -0.1) is 0 Å². The molecule has 1 saturated carbocycles. The number of fused-ring (bicyclic) bond motifs is 2. The number of carbonyl (C=O) groups excluding carboxylic acids is 1. The Morgan fingerprint density at radius 2 is 1.95 bits per heavy atom. The summed E-state index contributed by atoms with van der Waals surface area (Å²) in [6.45, 7) is 4.90. The van der Waals surface area contributed by atoms with Crippen molar-refractivity contribution in [3.8, 4) is 0 Å². The molecular formula is C15H23NO4. The number of hydrogen-bond acceptors (Lipinski definition) is 3.